The minimum Gasteiger partial charge on any atom is -0.483 e. The van der Waals surface area contributed by atoms with Crippen molar-refractivity contribution < 1.29 is 9.53 Å². The molecular weight excluding hydrogens is 286 g/mol. The summed E-state index contributed by atoms with van der Waals surface area (Å²) in [6.45, 7) is 11.2. The molecule has 2 fully saturated rings. The summed E-state index contributed by atoms with van der Waals surface area (Å²) in [5, 5.41) is 3.25. The SMILES string of the molecule is Cc1ccc(C)c(OCC(=O)N[C@H]2C[C@@H]3CC[C@@]2(C)C3(C)C)c1. The van der Waals surface area contributed by atoms with Gasteiger partial charge in [0.25, 0.3) is 5.91 Å². The molecule has 0 saturated heterocycles. The lowest BCUT2D eigenvalue weighted by Gasteiger charge is -2.39. The van der Waals surface area contributed by atoms with Gasteiger partial charge in [0.2, 0.25) is 0 Å². The van der Waals surface area contributed by atoms with Crippen LogP contribution in [0.2, 0.25) is 0 Å². The van der Waals surface area contributed by atoms with E-state index in [-0.39, 0.29) is 24.0 Å². The summed E-state index contributed by atoms with van der Waals surface area (Å²) >= 11 is 0. The van der Waals surface area contributed by atoms with E-state index in [1.807, 2.05) is 26.0 Å². The highest BCUT2D eigenvalue weighted by atomic mass is 16.5. The first-order chi connectivity index (χ1) is 10.7. The van der Waals surface area contributed by atoms with Crippen LogP contribution in [0.4, 0.5) is 0 Å². The minimum absolute atomic E-state index is 0.000445. The lowest BCUT2D eigenvalue weighted by Crippen LogP contribution is -2.48. The molecule has 3 nitrogen and oxygen atoms in total. The van der Waals surface area contributed by atoms with Crippen molar-refractivity contribution in [3.8, 4) is 5.75 Å². The van der Waals surface area contributed by atoms with Gasteiger partial charge in [0.1, 0.15) is 5.75 Å². The Morgan fingerprint density at radius 3 is 2.65 bits per heavy atom. The predicted octanol–water partition coefficient (Wildman–Crippen LogP) is 4.01. The number of amides is 1. The molecule has 3 atom stereocenters. The van der Waals surface area contributed by atoms with Crippen molar-refractivity contribution in [2.45, 2.75) is 59.9 Å². The van der Waals surface area contributed by atoms with Gasteiger partial charge in [0.05, 0.1) is 0 Å². The summed E-state index contributed by atoms with van der Waals surface area (Å²) in [5.41, 5.74) is 2.75. The van der Waals surface area contributed by atoms with Crippen molar-refractivity contribution in [1.29, 1.82) is 0 Å². The summed E-state index contributed by atoms with van der Waals surface area (Å²) in [7, 11) is 0. The highest BCUT2D eigenvalue weighted by Gasteiger charge is 2.61. The maximum absolute atomic E-state index is 12.4. The van der Waals surface area contributed by atoms with Crippen LogP contribution in [0, 0.1) is 30.6 Å². The Morgan fingerprint density at radius 1 is 1.30 bits per heavy atom. The van der Waals surface area contributed by atoms with E-state index in [0.29, 0.717) is 5.41 Å². The van der Waals surface area contributed by atoms with E-state index in [4.69, 9.17) is 4.74 Å². The second-order valence-corrected chi connectivity index (χ2v) is 8.29. The zero-order chi connectivity index (χ0) is 16.8. The van der Waals surface area contributed by atoms with Gasteiger partial charge < -0.3 is 10.1 Å². The van der Waals surface area contributed by atoms with Gasteiger partial charge in [0, 0.05) is 6.04 Å². The molecule has 0 spiro atoms. The Hall–Kier alpha value is -1.51. The monoisotopic (exact) mass is 315 g/mol. The molecule has 3 rings (SSSR count). The van der Waals surface area contributed by atoms with Crippen LogP contribution in [0.25, 0.3) is 0 Å². The third-order valence-electron chi connectivity index (χ3n) is 6.83. The van der Waals surface area contributed by atoms with Crippen LogP contribution in [0.15, 0.2) is 18.2 Å². The first kappa shape index (κ1) is 16.4. The van der Waals surface area contributed by atoms with Crippen molar-refractivity contribution >= 4 is 5.91 Å². The molecule has 126 valence electrons. The first-order valence-electron chi connectivity index (χ1n) is 8.73. The van der Waals surface area contributed by atoms with Crippen LogP contribution in [0.5, 0.6) is 5.75 Å². The Balaban J connectivity index is 1.60. The lowest BCUT2D eigenvalue weighted by molar-refractivity contribution is -0.124. The van der Waals surface area contributed by atoms with E-state index in [1.165, 1.54) is 12.8 Å². The van der Waals surface area contributed by atoms with Crippen molar-refractivity contribution in [3.05, 3.63) is 29.3 Å². The molecule has 23 heavy (non-hydrogen) atoms. The smallest absolute Gasteiger partial charge is 0.258 e. The average molecular weight is 315 g/mol. The van der Waals surface area contributed by atoms with Crippen LogP contribution < -0.4 is 10.1 Å². The molecule has 0 aliphatic heterocycles. The van der Waals surface area contributed by atoms with Crippen LogP contribution in [-0.4, -0.2) is 18.6 Å². The maximum atomic E-state index is 12.4. The molecular formula is C20H29NO2. The fourth-order valence-electron chi connectivity index (χ4n) is 4.66. The van der Waals surface area contributed by atoms with Gasteiger partial charge in [-0.3, -0.25) is 4.79 Å². The van der Waals surface area contributed by atoms with Gasteiger partial charge in [-0.05, 0) is 67.1 Å². The third kappa shape index (κ3) is 2.64. The summed E-state index contributed by atoms with van der Waals surface area (Å²) in [6.07, 6.45) is 3.63. The number of rotatable bonds is 4. The number of hydrogen-bond donors (Lipinski definition) is 1. The van der Waals surface area contributed by atoms with Crippen LogP contribution in [-0.2, 0) is 4.79 Å². The summed E-state index contributed by atoms with van der Waals surface area (Å²) in [6, 6.07) is 6.36. The van der Waals surface area contributed by atoms with E-state index in [2.05, 4.69) is 32.2 Å². The van der Waals surface area contributed by atoms with E-state index in [1.54, 1.807) is 0 Å². The Labute approximate surface area is 139 Å². The Morgan fingerprint density at radius 2 is 2.04 bits per heavy atom. The first-order valence-corrected chi connectivity index (χ1v) is 8.73. The zero-order valence-corrected chi connectivity index (χ0v) is 15.0. The highest BCUT2D eigenvalue weighted by Crippen LogP contribution is 2.65. The molecule has 2 bridgehead atoms. The Bertz CT molecular complexity index is 622. The average Bonchev–Trinajstić information content (AvgIpc) is 2.81. The molecule has 1 amide bonds. The van der Waals surface area contributed by atoms with Crippen LogP contribution in [0.3, 0.4) is 0 Å². The van der Waals surface area contributed by atoms with Crippen molar-refractivity contribution in [3.63, 3.8) is 0 Å². The molecule has 0 aromatic heterocycles. The normalized spacial score (nSPS) is 31.2. The molecule has 2 aliphatic rings. The third-order valence-corrected chi connectivity index (χ3v) is 6.83. The summed E-state index contributed by atoms with van der Waals surface area (Å²) < 4.78 is 5.74. The van der Waals surface area contributed by atoms with Crippen LogP contribution >= 0.6 is 0 Å². The number of nitrogens with one attached hydrogen (secondary N) is 1. The minimum atomic E-state index is 0.000445. The van der Waals surface area contributed by atoms with Crippen molar-refractivity contribution in [2.24, 2.45) is 16.7 Å². The molecule has 0 unspecified atom stereocenters. The number of fused-ring (bicyclic) bond motifs is 2. The lowest BCUT2D eigenvalue weighted by atomic mass is 9.69. The van der Waals surface area contributed by atoms with E-state index < -0.39 is 0 Å². The van der Waals surface area contributed by atoms with Crippen LogP contribution in [0.1, 0.15) is 51.2 Å². The molecule has 3 heteroatoms. The number of aryl methyl sites for hydroxylation is 2. The van der Waals surface area contributed by atoms with Crippen molar-refractivity contribution in [1.82, 2.24) is 5.32 Å². The number of benzene rings is 1. The van der Waals surface area contributed by atoms with E-state index >= 15 is 0 Å². The highest BCUT2D eigenvalue weighted by molar-refractivity contribution is 5.78. The van der Waals surface area contributed by atoms with Gasteiger partial charge in [-0.15, -0.1) is 0 Å². The van der Waals surface area contributed by atoms with Gasteiger partial charge in [-0.25, -0.2) is 0 Å². The zero-order valence-electron chi connectivity index (χ0n) is 15.0. The predicted molar refractivity (Wildman–Crippen MR) is 92.6 cm³/mol. The number of carbonyl (C=O) groups excluding carboxylic acids is 1. The van der Waals surface area contributed by atoms with Gasteiger partial charge in [-0.1, -0.05) is 32.9 Å². The standard InChI is InChI=1S/C20H29NO2/c1-13-6-7-14(2)16(10-13)23-12-18(22)21-17-11-15-8-9-20(17,5)19(15,3)4/h6-7,10,15,17H,8-9,11-12H2,1-5H3,(H,21,22)/t15-,17-,20+/m0/s1. The molecule has 2 aliphatic carbocycles. The molecule has 1 N–H and O–H groups in total. The maximum Gasteiger partial charge on any atom is 0.258 e. The molecule has 2 saturated carbocycles. The van der Waals surface area contributed by atoms with Crippen molar-refractivity contribution in [2.75, 3.05) is 6.61 Å². The van der Waals surface area contributed by atoms with Gasteiger partial charge in [0.15, 0.2) is 6.61 Å². The second-order valence-electron chi connectivity index (χ2n) is 8.29. The number of ether oxygens (including phenoxy) is 1. The largest absolute Gasteiger partial charge is 0.483 e. The summed E-state index contributed by atoms with van der Waals surface area (Å²) in [4.78, 5) is 12.4. The molecule has 1 aromatic rings. The van der Waals surface area contributed by atoms with E-state index in [9.17, 15) is 4.79 Å². The topological polar surface area (TPSA) is 38.3 Å². The second kappa shape index (κ2) is 5.54. The van der Waals surface area contributed by atoms with Gasteiger partial charge >= 0.3 is 0 Å². The fourth-order valence-corrected chi connectivity index (χ4v) is 4.66. The molecule has 1 aromatic carbocycles. The van der Waals surface area contributed by atoms with E-state index in [0.717, 1.165) is 29.2 Å². The molecule has 0 radical (unpaired) electrons. The number of carbonyl (C=O) groups is 1. The van der Waals surface area contributed by atoms with Gasteiger partial charge in [-0.2, -0.15) is 0 Å². The fraction of sp³-hybridized carbons (Fsp3) is 0.650. The number of hydrogen-bond acceptors (Lipinski definition) is 2. The molecule has 0 heterocycles. The quantitative estimate of drug-likeness (QED) is 0.911. The summed E-state index contributed by atoms with van der Waals surface area (Å²) in [5.74, 6) is 1.54. The Kier molecular flexibility index (Phi) is 3.94.